The quantitative estimate of drug-likeness (QED) is 0.647. The molecule has 0 radical (unpaired) electrons. The number of rotatable bonds is 8. The van der Waals surface area contributed by atoms with Gasteiger partial charge in [0.25, 0.3) is 0 Å². The average molecular weight is 432 g/mol. The van der Waals surface area contributed by atoms with Gasteiger partial charge in [-0.25, -0.2) is 14.2 Å². The van der Waals surface area contributed by atoms with E-state index in [4.69, 9.17) is 14.6 Å². The van der Waals surface area contributed by atoms with Crippen LogP contribution in [-0.4, -0.2) is 58.0 Å². The molecule has 2 aromatic rings. The number of nitrogens with zero attached hydrogens (tertiary/aromatic N) is 3. The van der Waals surface area contributed by atoms with Gasteiger partial charge in [-0.3, -0.25) is 4.98 Å². The number of nitrogens with one attached hydrogen (secondary N) is 1. The summed E-state index contributed by atoms with van der Waals surface area (Å²) >= 11 is 0. The van der Waals surface area contributed by atoms with Crippen LogP contribution in [0.4, 0.5) is 20.7 Å². The highest BCUT2D eigenvalue weighted by Crippen LogP contribution is 2.29. The number of halogens is 1. The van der Waals surface area contributed by atoms with E-state index in [1.54, 1.807) is 12.3 Å². The van der Waals surface area contributed by atoms with Crippen LogP contribution in [-0.2, 0) is 11.2 Å². The second kappa shape index (κ2) is 10.4. The Morgan fingerprint density at radius 2 is 2.10 bits per heavy atom. The predicted molar refractivity (Wildman–Crippen MR) is 114 cm³/mol. The molecule has 3 heterocycles. The highest BCUT2D eigenvalue weighted by atomic mass is 19.1. The first-order valence-electron chi connectivity index (χ1n) is 10.5. The number of likely N-dealkylation sites (tertiary alicyclic amines) is 1. The number of carbonyl (C=O) groups is 1. The van der Waals surface area contributed by atoms with Gasteiger partial charge >= 0.3 is 6.09 Å². The van der Waals surface area contributed by atoms with Crippen molar-refractivity contribution in [3.63, 3.8) is 0 Å². The Bertz CT molecular complexity index is 901. The number of ether oxygens (including phenoxy) is 2. The topological polar surface area (TPSA) is 96.8 Å². The summed E-state index contributed by atoms with van der Waals surface area (Å²) in [5, 5.41) is 12.1. The minimum Gasteiger partial charge on any atom is -0.490 e. The molecule has 0 atom stereocenters. The molecule has 1 aliphatic heterocycles. The summed E-state index contributed by atoms with van der Waals surface area (Å²) in [7, 11) is 0. The van der Waals surface area contributed by atoms with Crippen molar-refractivity contribution in [3.8, 4) is 5.75 Å². The Morgan fingerprint density at radius 1 is 1.35 bits per heavy atom. The van der Waals surface area contributed by atoms with Gasteiger partial charge in [0.2, 0.25) is 0 Å². The maximum Gasteiger partial charge on any atom is 0.407 e. The minimum atomic E-state index is -0.904. The molecular weight excluding hydrogens is 403 g/mol. The molecule has 0 aromatic carbocycles. The SMILES string of the molecule is Cc1c(OC2CCN(C(=O)O)CC2)ccnc1Nc1cnc(CCOC(C)C)cc1F. The van der Waals surface area contributed by atoms with Crippen molar-refractivity contribution in [2.75, 3.05) is 25.0 Å². The van der Waals surface area contributed by atoms with E-state index in [2.05, 4.69) is 15.3 Å². The highest BCUT2D eigenvalue weighted by molar-refractivity contribution is 5.65. The number of aromatic nitrogens is 2. The van der Waals surface area contributed by atoms with Gasteiger partial charge < -0.3 is 24.8 Å². The highest BCUT2D eigenvalue weighted by Gasteiger charge is 2.24. The number of hydrogen-bond donors (Lipinski definition) is 2. The molecule has 0 saturated carbocycles. The van der Waals surface area contributed by atoms with Crippen molar-refractivity contribution in [1.82, 2.24) is 14.9 Å². The lowest BCUT2D eigenvalue weighted by Gasteiger charge is -2.30. The van der Waals surface area contributed by atoms with Gasteiger partial charge in [-0.05, 0) is 32.9 Å². The van der Waals surface area contributed by atoms with Gasteiger partial charge in [-0.2, -0.15) is 0 Å². The predicted octanol–water partition coefficient (Wildman–Crippen LogP) is 4.16. The van der Waals surface area contributed by atoms with E-state index in [1.165, 1.54) is 17.2 Å². The van der Waals surface area contributed by atoms with Crippen LogP contribution in [0.2, 0.25) is 0 Å². The van der Waals surface area contributed by atoms with Crippen LogP contribution in [0.5, 0.6) is 5.75 Å². The molecule has 1 amide bonds. The molecule has 1 fully saturated rings. The van der Waals surface area contributed by atoms with Crippen LogP contribution in [0.25, 0.3) is 0 Å². The summed E-state index contributed by atoms with van der Waals surface area (Å²) in [4.78, 5) is 21.0. The van der Waals surface area contributed by atoms with Gasteiger partial charge in [0, 0.05) is 49.8 Å². The summed E-state index contributed by atoms with van der Waals surface area (Å²) in [6, 6.07) is 3.16. The fraction of sp³-hybridized carbons (Fsp3) is 0.500. The van der Waals surface area contributed by atoms with Crippen LogP contribution in [0.15, 0.2) is 24.5 Å². The number of anilines is 2. The normalized spacial score (nSPS) is 14.7. The molecule has 1 aliphatic rings. The monoisotopic (exact) mass is 432 g/mol. The van der Waals surface area contributed by atoms with Gasteiger partial charge in [-0.15, -0.1) is 0 Å². The minimum absolute atomic E-state index is 0.0738. The fourth-order valence-electron chi connectivity index (χ4n) is 3.34. The summed E-state index contributed by atoms with van der Waals surface area (Å²) in [5.41, 5.74) is 1.60. The molecule has 0 spiro atoms. The maximum absolute atomic E-state index is 14.6. The first kappa shape index (κ1) is 22.7. The molecule has 8 nitrogen and oxygen atoms in total. The largest absolute Gasteiger partial charge is 0.490 e. The third-order valence-corrected chi connectivity index (χ3v) is 5.13. The number of carboxylic acid groups (broad SMARTS) is 1. The Labute approximate surface area is 181 Å². The lowest BCUT2D eigenvalue weighted by atomic mass is 10.1. The summed E-state index contributed by atoms with van der Waals surface area (Å²) in [5.74, 6) is 0.710. The summed E-state index contributed by atoms with van der Waals surface area (Å²) in [6.07, 6.45) is 3.98. The van der Waals surface area contributed by atoms with E-state index < -0.39 is 11.9 Å². The Kier molecular flexibility index (Phi) is 7.62. The van der Waals surface area contributed by atoms with E-state index in [9.17, 15) is 9.18 Å². The second-order valence-electron chi connectivity index (χ2n) is 7.82. The van der Waals surface area contributed by atoms with Gasteiger partial charge in [0.15, 0.2) is 0 Å². The van der Waals surface area contributed by atoms with Crippen molar-refractivity contribution in [1.29, 1.82) is 0 Å². The van der Waals surface area contributed by atoms with Crippen LogP contribution in [0.3, 0.4) is 0 Å². The molecular formula is C22H29FN4O4. The molecule has 9 heteroatoms. The van der Waals surface area contributed by atoms with Crippen LogP contribution in [0.1, 0.15) is 37.9 Å². The van der Waals surface area contributed by atoms with E-state index in [-0.39, 0.29) is 17.9 Å². The molecule has 2 aromatic heterocycles. The molecule has 2 N–H and O–H groups in total. The number of amides is 1. The molecule has 1 saturated heterocycles. The van der Waals surface area contributed by atoms with Crippen LogP contribution in [0, 0.1) is 12.7 Å². The number of piperidine rings is 1. The molecule has 0 unspecified atom stereocenters. The Morgan fingerprint density at radius 3 is 2.74 bits per heavy atom. The van der Waals surface area contributed by atoms with Gasteiger partial charge in [0.1, 0.15) is 23.5 Å². The summed E-state index contributed by atoms with van der Waals surface area (Å²) in [6.45, 7) is 7.13. The zero-order chi connectivity index (χ0) is 22.4. The van der Waals surface area contributed by atoms with Crippen molar-refractivity contribution < 1.29 is 23.8 Å². The fourth-order valence-corrected chi connectivity index (χ4v) is 3.34. The summed E-state index contributed by atoms with van der Waals surface area (Å²) < 4.78 is 26.1. The maximum atomic E-state index is 14.6. The first-order valence-corrected chi connectivity index (χ1v) is 10.5. The lowest BCUT2D eigenvalue weighted by Crippen LogP contribution is -2.41. The average Bonchev–Trinajstić information content (AvgIpc) is 2.73. The van der Waals surface area contributed by atoms with Crippen LogP contribution < -0.4 is 10.1 Å². The molecule has 3 rings (SSSR count). The lowest BCUT2D eigenvalue weighted by molar-refractivity contribution is 0.0808. The third kappa shape index (κ3) is 6.27. The first-order chi connectivity index (χ1) is 14.8. The Hall–Kier alpha value is -2.94. The van der Waals surface area contributed by atoms with E-state index in [1.807, 2.05) is 20.8 Å². The van der Waals surface area contributed by atoms with Gasteiger partial charge in [-0.1, -0.05) is 0 Å². The van der Waals surface area contributed by atoms with Crippen molar-refractivity contribution in [3.05, 3.63) is 41.6 Å². The van der Waals surface area contributed by atoms with Crippen molar-refractivity contribution >= 4 is 17.6 Å². The third-order valence-electron chi connectivity index (χ3n) is 5.13. The number of hydrogen-bond acceptors (Lipinski definition) is 6. The zero-order valence-corrected chi connectivity index (χ0v) is 18.1. The molecule has 0 aliphatic carbocycles. The van der Waals surface area contributed by atoms with Crippen LogP contribution >= 0.6 is 0 Å². The van der Waals surface area contributed by atoms with Gasteiger partial charge in [0.05, 0.1) is 24.6 Å². The zero-order valence-electron chi connectivity index (χ0n) is 18.1. The van der Waals surface area contributed by atoms with Crippen molar-refractivity contribution in [2.24, 2.45) is 0 Å². The Balaban J connectivity index is 1.63. The molecule has 0 bridgehead atoms. The number of pyridine rings is 2. The van der Waals surface area contributed by atoms with Crippen molar-refractivity contribution in [2.45, 2.75) is 52.2 Å². The molecule has 31 heavy (non-hydrogen) atoms. The smallest absolute Gasteiger partial charge is 0.407 e. The van der Waals surface area contributed by atoms with E-state index in [0.717, 1.165) is 5.56 Å². The molecule has 168 valence electrons. The standard InChI is InChI=1S/C22H29FN4O4/c1-14(2)30-11-7-16-12-18(23)19(13-25-16)26-21-15(3)20(4-8-24-21)31-17-5-9-27(10-6-17)22(28)29/h4,8,12-14,17H,5-7,9-11H2,1-3H3,(H,24,26)(H,28,29). The van der Waals surface area contributed by atoms with E-state index in [0.29, 0.717) is 56.2 Å². The second-order valence-corrected chi connectivity index (χ2v) is 7.82. The van der Waals surface area contributed by atoms with E-state index >= 15 is 0 Å².